The summed E-state index contributed by atoms with van der Waals surface area (Å²) >= 11 is 4.66. The monoisotopic (exact) mass is 451 g/mol. The first kappa shape index (κ1) is 19.2. The van der Waals surface area contributed by atoms with Crippen molar-refractivity contribution in [3.8, 4) is 0 Å². The minimum absolute atomic E-state index is 0.0584. The Morgan fingerprint density at radius 1 is 1.15 bits per heavy atom. The molecule has 0 radical (unpaired) electrons. The summed E-state index contributed by atoms with van der Waals surface area (Å²) in [6.07, 6.45) is 6.12. The van der Waals surface area contributed by atoms with E-state index < -0.39 is 0 Å². The Kier molecular flexibility index (Phi) is 5.99. The lowest BCUT2D eigenvalue weighted by Crippen LogP contribution is -2.41. The molecule has 5 nitrogen and oxygen atoms in total. The summed E-state index contributed by atoms with van der Waals surface area (Å²) in [6.45, 7) is 5.53. The molecule has 27 heavy (non-hydrogen) atoms. The maximum Gasteiger partial charge on any atom is 0.308 e. The minimum atomic E-state index is -0.0584. The number of likely N-dealkylation sites (tertiary alicyclic amines) is 2. The Bertz CT molecular complexity index is 864. The average Bonchev–Trinajstić information content (AvgIpc) is 3.29. The van der Waals surface area contributed by atoms with E-state index in [1.807, 2.05) is 23.1 Å². The van der Waals surface area contributed by atoms with E-state index in [0.717, 1.165) is 46.5 Å². The van der Waals surface area contributed by atoms with Gasteiger partial charge in [0.25, 0.3) is 0 Å². The zero-order chi connectivity index (χ0) is 18.8. The second kappa shape index (κ2) is 8.45. The lowest BCUT2D eigenvalue weighted by Gasteiger charge is -2.33. The molecule has 2 saturated heterocycles. The van der Waals surface area contributed by atoms with Crippen molar-refractivity contribution in [3.63, 3.8) is 0 Å². The van der Waals surface area contributed by atoms with E-state index >= 15 is 0 Å². The minimum Gasteiger partial charge on any atom is -0.341 e. The first-order valence-electron chi connectivity index (χ1n) is 9.89. The summed E-state index contributed by atoms with van der Waals surface area (Å²) in [6, 6.07) is 5.78. The van der Waals surface area contributed by atoms with Crippen LogP contribution in [0.15, 0.2) is 27.5 Å². The summed E-state index contributed by atoms with van der Waals surface area (Å²) in [5.41, 5.74) is 0.841. The molecule has 0 spiro atoms. The van der Waals surface area contributed by atoms with E-state index in [1.54, 1.807) is 4.57 Å². The maximum absolute atomic E-state index is 12.8. The second-order valence-electron chi connectivity index (χ2n) is 7.73. The molecule has 1 aromatic carbocycles. The molecule has 2 aliphatic heterocycles. The summed E-state index contributed by atoms with van der Waals surface area (Å²) in [4.78, 5) is 29.6. The van der Waals surface area contributed by atoms with Gasteiger partial charge in [0.15, 0.2) is 0 Å². The number of hydrogen-bond donors (Lipinski definition) is 0. The van der Waals surface area contributed by atoms with Crippen LogP contribution in [0.1, 0.15) is 32.1 Å². The quantitative estimate of drug-likeness (QED) is 0.697. The number of nitrogens with zero attached hydrogens (tertiary/aromatic N) is 3. The highest BCUT2D eigenvalue weighted by Crippen LogP contribution is 2.24. The fourth-order valence-electron chi connectivity index (χ4n) is 4.26. The van der Waals surface area contributed by atoms with Crippen molar-refractivity contribution in [1.82, 2.24) is 14.4 Å². The van der Waals surface area contributed by atoms with Crippen molar-refractivity contribution in [2.45, 2.75) is 38.6 Å². The average molecular weight is 452 g/mol. The molecule has 0 atom stereocenters. The van der Waals surface area contributed by atoms with Gasteiger partial charge >= 0.3 is 4.87 Å². The van der Waals surface area contributed by atoms with Gasteiger partial charge in [-0.05, 0) is 75.9 Å². The second-order valence-corrected chi connectivity index (χ2v) is 9.64. The number of aromatic nitrogens is 1. The molecule has 0 unspecified atom stereocenters. The van der Waals surface area contributed by atoms with Crippen molar-refractivity contribution < 1.29 is 4.79 Å². The molecular weight excluding hydrogens is 426 g/mol. The van der Waals surface area contributed by atoms with Crippen molar-refractivity contribution in [3.05, 3.63) is 32.3 Å². The van der Waals surface area contributed by atoms with Crippen LogP contribution in [0.5, 0.6) is 0 Å². The molecule has 0 aliphatic carbocycles. The van der Waals surface area contributed by atoms with Gasteiger partial charge in [0.1, 0.15) is 6.54 Å². The Hall–Kier alpha value is -1.18. The molecule has 1 aromatic heterocycles. The largest absolute Gasteiger partial charge is 0.341 e. The van der Waals surface area contributed by atoms with Crippen molar-refractivity contribution in [1.29, 1.82) is 0 Å². The molecule has 2 fully saturated rings. The standard InChI is InChI=1S/C20H26BrN3O2S/c21-16-3-4-18-17(13-16)24(20(26)27-18)14-19(25)23-11-6-15(7-12-23)5-10-22-8-1-2-9-22/h3-4,13,15H,1-2,5-12,14H2. The Morgan fingerprint density at radius 2 is 1.89 bits per heavy atom. The van der Waals surface area contributed by atoms with Crippen LogP contribution in [0, 0.1) is 5.92 Å². The van der Waals surface area contributed by atoms with Crippen LogP contribution < -0.4 is 4.87 Å². The van der Waals surface area contributed by atoms with Crippen LogP contribution in [-0.2, 0) is 11.3 Å². The van der Waals surface area contributed by atoms with Gasteiger partial charge in [0, 0.05) is 17.6 Å². The van der Waals surface area contributed by atoms with Gasteiger partial charge in [-0.25, -0.2) is 0 Å². The molecule has 4 rings (SSSR count). The number of thiazole rings is 1. The first-order valence-corrected chi connectivity index (χ1v) is 11.5. The van der Waals surface area contributed by atoms with Crippen LogP contribution in [0.4, 0.5) is 0 Å². The van der Waals surface area contributed by atoms with Crippen LogP contribution in [0.25, 0.3) is 10.2 Å². The van der Waals surface area contributed by atoms with Gasteiger partial charge in [-0.2, -0.15) is 0 Å². The highest BCUT2D eigenvalue weighted by Gasteiger charge is 2.24. The highest BCUT2D eigenvalue weighted by molar-refractivity contribution is 9.10. The predicted molar refractivity (Wildman–Crippen MR) is 113 cm³/mol. The molecular formula is C20H26BrN3O2S. The number of fused-ring (bicyclic) bond motifs is 1. The van der Waals surface area contributed by atoms with E-state index in [9.17, 15) is 9.59 Å². The molecule has 7 heteroatoms. The van der Waals surface area contributed by atoms with Gasteiger partial charge in [0.05, 0.1) is 10.2 Å². The van der Waals surface area contributed by atoms with Gasteiger partial charge in [-0.1, -0.05) is 27.3 Å². The molecule has 3 heterocycles. The van der Waals surface area contributed by atoms with Crippen LogP contribution in [0.2, 0.25) is 0 Å². The van der Waals surface area contributed by atoms with Crippen LogP contribution in [-0.4, -0.2) is 53.0 Å². The molecule has 0 saturated carbocycles. The molecule has 0 N–H and O–H groups in total. The molecule has 1 amide bonds. The summed E-state index contributed by atoms with van der Waals surface area (Å²) in [5.74, 6) is 0.796. The van der Waals surface area contributed by atoms with E-state index in [0.29, 0.717) is 0 Å². The molecule has 0 bridgehead atoms. The van der Waals surface area contributed by atoms with E-state index in [2.05, 4.69) is 20.8 Å². The number of benzene rings is 1. The Morgan fingerprint density at radius 3 is 2.63 bits per heavy atom. The summed E-state index contributed by atoms with van der Waals surface area (Å²) in [5, 5.41) is 0. The lowest BCUT2D eigenvalue weighted by atomic mass is 9.93. The third-order valence-corrected chi connectivity index (χ3v) is 7.40. The first-order chi connectivity index (χ1) is 13.1. The molecule has 2 aromatic rings. The van der Waals surface area contributed by atoms with Gasteiger partial charge < -0.3 is 9.80 Å². The predicted octanol–water partition coefficient (Wildman–Crippen LogP) is 3.55. The normalized spacial score (nSPS) is 19.2. The zero-order valence-electron chi connectivity index (χ0n) is 15.5. The maximum atomic E-state index is 12.8. The third kappa shape index (κ3) is 4.46. The zero-order valence-corrected chi connectivity index (χ0v) is 17.9. The SMILES string of the molecule is O=C(Cn1c(=O)sc2ccc(Br)cc21)N1CCC(CCN2CCCC2)CC1. The van der Waals surface area contributed by atoms with Gasteiger partial charge in [-0.3, -0.25) is 14.2 Å². The number of hydrogen-bond acceptors (Lipinski definition) is 4. The number of halogens is 1. The van der Waals surface area contributed by atoms with Crippen molar-refractivity contribution >= 4 is 43.4 Å². The van der Waals surface area contributed by atoms with E-state index in [4.69, 9.17) is 0 Å². The fourth-order valence-corrected chi connectivity index (χ4v) is 5.48. The fraction of sp³-hybridized carbons (Fsp3) is 0.600. The number of piperidine rings is 1. The van der Waals surface area contributed by atoms with Gasteiger partial charge in [0.2, 0.25) is 5.91 Å². The van der Waals surface area contributed by atoms with E-state index in [1.165, 1.54) is 50.2 Å². The van der Waals surface area contributed by atoms with Crippen molar-refractivity contribution in [2.24, 2.45) is 5.92 Å². The third-order valence-electron chi connectivity index (χ3n) is 5.94. The number of carbonyl (C=O) groups excluding carboxylic acids is 1. The van der Waals surface area contributed by atoms with Crippen LogP contribution in [0.3, 0.4) is 0 Å². The molecule has 2 aliphatic rings. The summed E-state index contributed by atoms with van der Waals surface area (Å²) in [7, 11) is 0. The topological polar surface area (TPSA) is 45.6 Å². The Balaban J connectivity index is 1.33. The lowest BCUT2D eigenvalue weighted by molar-refractivity contribution is -0.133. The summed E-state index contributed by atoms with van der Waals surface area (Å²) < 4.78 is 3.47. The number of carbonyl (C=O) groups is 1. The highest BCUT2D eigenvalue weighted by atomic mass is 79.9. The van der Waals surface area contributed by atoms with Crippen LogP contribution >= 0.6 is 27.3 Å². The van der Waals surface area contributed by atoms with E-state index in [-0.39, 0.29) is 17.3 Å². The number of rotatable bonds is 5. The van der Waals surface area contributed by atoms with Crippen molar-refractivity contribution in [2.75, 3.05) is 32.7 Å². The molecule has 146 valence electrons. The Labute approximate surface area is 172 Å². The smallest absolute Gasteiger partial charge is 0.308 e. The number of amides is 1. The van der Waals surface area contributed by atoms with Gasteiger partial charge in [-0.15, -0.1) is 0 Å².